The van der Waals surface area contributed by atoms with Crippen LogP contribution >= 0.6 is 23.4 Å². The van der Waals surface area contributed by atoms with Gasteiger partial charge in [-0.25, -0.2) is 4.79 Å². The largest absolute Gasteiger partial charge is 0.452 e. The molecule has 0 bridgehead atoms. The highest BCUT2D eigenvalue weighted by molar-refractivity contribution is 7.98. The number of benzene rings is 2. The molecule has 0 spiro atoms. The first-order valence-electron chi connectivity index (χ1n) is 6.66. The molecule has 2 aromatic rings. The number of esters is 1. The summed E-state index contributed by atoms with van der Waals surface area (Å²) in [4.78, 5) is 24.8. The van der Waals surface area contributed by atoms with E-state index >= 15 is 0 Å². The van der Waals surface area contributed by atoms with Crippen molar-refractivity contribution in [2.24, 2.45) is 0 Å². The van der Waals surface area contributed by atoms with Crippen LogP contribution in [0.1, 0.15) is 10.4 Å². The fourth-order valence-electron chi connectivity index (χ4n) is 1.86. The number of carbonyl (C=O) groups excluding carboxylic acids is 2. The number of hydrogen-bond acceptors (Lipinski definition) is 5. The third-order valence-electron chi connectivity index (χ3n) is 2.95. The van der Waals surface area contributed by atoms with Crippen molar-refractivity contribution < 1.29 is 14.3 Å². The lowest BCUT2D eigenvalue weighted by molar-refractivity contribution is -0.119. The van der Waals surface area contributed by atoms with E-state index in [9.17, 15) is 9.59 Å². The first-order valence-corrected chi connectivity index (χ1v) is 8.26. The number of thioether (sulfide) groups is 1. The highest BCUT2D eigenvalue weighted by Crippen LogP contribution is 2.24. The number of halogens is 1. The van der Waals surface area contributed by atoms with Crippen LogP contribution in [0.5, 0.6) is 0 Å². The molecule has 3 N–H and O–H groups in total. The summed E-state index contributed by atoms with van der Waals surface area (Å²) in [7, 11) is 0. The van der Waals surface area contributed by atoms with Gasteiger partial charge < -0.3 is 15.8 Å². The van der Waals surface area contributed by atoms with Crippen LogP contribution in [0.25, 0.3) is 0 Å². The van der Waals surface area contributed by atoms with Gasteiger partial charge in [-0.1, -0.05) is 23.7 Å². The molecule has 5 nitrogen and oxygen atoms in total. The fraction of sp³-hybridized carbons (Fsp3) is 0.125. The van der Waals surface area contributed by atoms with Gasteiger partial charge in [-0.05, 0) is 36.6 Å². The second-order valence-corrected chi connectivity index (χ2v) is 5.84. The van der Waals surface area contributed by atoms with Crippen molar-refractivity contribution in [1.82, 2.24) is 0 Å². The summed E-state index contributed by atoms with van der Waals surface area (Å²) < 4.78 is 4.98. The Labute approximate surface area is 143 Å². The summed E-state index contributed by atoms with van der Waals surface area (Å²) >= 11 is 7.28. The quantitative estimate of drug-likeness (QED) is 0.490. The Morgan fingerprint density at radius 3 is 2.70 bits per heavy atom. The summed E-state index contributed by atoms with van der Waals surface area (Å²) in [5, 5.41) is 3.12. The molecule has 23 heavy (non-hydrogen) atoms. The van der Waals surface area contributed by atoms with Crippen LogP contribution in [0.2, 0.25) is 5.02 Å². The molecule has 0 unspecified atom stereocenters. The van der Waals surface area contributed by atoms with E-state index in [1.54, 1.807) is 6.07 Å². The zero-order valence-electron chi connectivity index (χ0n) is 12.3. The minimum atomic E-state index is -0.674. The van der Waals surface area contributed by atoms with Crippen LogP contribution in [0.4, 0.5) is 11.4 Å². The van der Waals surface area contributed by atoms with Crippen molar-refractivity contribution in [2.45, 2.75) is 4.90 Å². The van der Waals surface area contributed by atoms with Gasteiger partial charge in [0.25, 0.3) is 5.91 Å². The molecular weight excluding hydrogens is 336 g/mol. The third kappa shape index (κ3) is 4.64. The van der Waals surface area contributed by atoms with E-state index in [-0.39, 0.29) is 11.3 Å². The third-order valence-corrected chi connectivity index (χ3v) is 3.98. The molecule has 7 heteroatoms. The summed E-state index contributed by atoms with van der Waals surface area (Å²) in [6.45, 7) is -0.399. The van der Waals surface area contributed by atoms with Crippen molar-refractivity contribution in [3.8, 4) is 0 Å². The number of para-hydroxylation sites is 1. The Bertz CT molecular complexity index is 737. The zero-order valence-corrected chi connectivity index (χ0v) is 13.9. The van der Waals surface area contributed by atoms with Gasteiger partial charge in [0.2, 0.25) is 0 Å². The normalized spacial score (nSPS) is 10.2. The molecular formula is C16H15ClN2O3S. The number of hydrogen-bond donors (Lipinski definition) is 2. The lowest BCUT2D eigenvalue weighted by Crippen LogP contribution is -2.21. The van der Waals surface area contributed by atoms with E-state index in [2.05, 4.69) is 5.32 Å². The SMILES string of the molecule is CSc1ccccc1NC(=O)COC(=O)c1ccc(Cl)cc1N. The van der Waals surface area contributed by atoms with E-state index in [0.717, 1.165) is 4.90 Å². The van der Waals surface area contributed by atoms with Crippen LogP contribution in [-0.2, 0) is 9.53 Å². The topological polar surface area (TPSA) is 81.4 Å². The van der Waals surface area contributed by atoms with E-state index in [1.165, 1.54) is 30.0 Å². The second-order valence-electron chi connectivity index (χ2n) is 4.56. The number of nitrogen functional groups attached to an aromatic ring is 1. The van der Waals surface area contributed by atoms with Gasteiger partial charge in [0.1, 0.15) is 0 Å². The van der Waals surface area contributed by atoms with E-state index in [0.29, 0.717) is 10.7 Å². The Morgan fingerprint density at radius 2 is 2.00 bits per heavy atom. The maximum Gasteiger partial charge on any atom is 0.340 e. The molecule has 0 saturated carbocycles. The molecule has 120 valence electrons. The summed E-state index contributed by atoms with van der Waals surface area (Å²) in [6.07, 6.45) is 1.91. The van der Waals surface area contributed by atoms with Gasteiger partial charge in [-0.3, -0.25) is 4.79 Å². The summed E-state index contributed by atoms with van der Waals surface area (Å²) in [5.74, 6) is -1.10. The Kier molecular flexibility index (Phi) is 5.90. The summed E-state index contributed by atoms with van der Waals surface area (Å²) in [6, 6.07) is 11.8. The molecule has 0 aromatic heterocycles. The number of rotatable bonds is 5. The first-order chi connectivity index (χ1) is 11.0. The minimum absolute atomic E-state index is 0.173. The molecule has 0 aliphatic rings. The maximum absolute atomic E-state index is 11.9. The molecule has 0 fully saturated rings. The molecule has 0 atom stereocenters. The standard InChI is InChI=1S/C16H15ClN2O3S/c1-23-14-5-3-2-4-13(14)19-15(20)9-22-16(21)11-7-6-10(17)8-12(11)18/h2-8H,9,18H2,1H3,(H,19,20). The number of nitrogens with one attached hydrogen (secondary N) is 1. The van der Waals surface area contributed by atoms with Crippen LogP contribution < -0.4 is 11.1 Å². The van der Waals surface area contributed by atoms with E-state index < -0.39 is 18.5 Å². The number of anilines is 2. The van der Waals surface area contributed by atoms with Crippen LogP contribution in [0.15, 0.2) is 47.4 Å². The van der Waals surface area contributed by atoms with Crippen molar-refractivity contribution >= 4 is 46.6 Å². The fourth-order valence-corrected chi connectivity index (χ4v) is 2.60. The highest BCUT2D eigenvalue weighted by Gasteiger charge is 2.14. The van der Waals surface area contributed by atoms with Gasteiger partial charge in [-0.15, -0.1) is 11.8 Å². The predicted octanol–water partition coefficient (Wildman–Crippen LogP) is 3.44. The Hall–Kier alpha value is -2.18. The lowest BCUT2D eigenvalue weighted by Gasteiger charge is -2.10. The average molecular weight is 351 g/mol. The molecule has 2 rings (SSSR count). The number of ether oxygens (including phenoxy) is 1. The van der Waals surface area contributed by atoms with Gasteiger partial charge in [0, 0.05) is 15.6 Å². The van der Waals surface area contributed by atoms with E-state index in [4.69, 9.17) is 22.1 Å². The maximum atomic E-state index is 11.9. The van der Waals surface area contributed by atoms with Crippen LogP contribution in [-0.4, -0.2) is 24.7 Å². The molecule has 0 heterocycles. The monoisotopic (exact) mass is 350 g/mol. The number of nitrogens with two attached hydrogens (primary N) is 1. The molecule has 0 aliphatic carbocycles. The van der Waals surface area contributed by atoms with Crippen molar-refractivity contribution in [3.05, 3.63) is 53.1 Å². The van der Waals surface area contributed by atoms with Gasteiger partial charge >= 0.3 is 5.97 Å². The predicted molar refractivity (Wildman–Crippen MR) is 93.0 cm³/mol. The molecule has 1 amide bonds. The number of amides is 1. The Morgan fingerprint density at radius 1 is 1.26 bits per heavy atom. The lowest BCUT2D eigenvalue weighted by atomic mass is 10.2. The van der Waals surface area contributed by atoms with E-state index in [1.807, 2.05) is 24.5 Å². The van der Waals surface area contributed by atoms with Gasteiger partial charge in [-0.2, -0.15) is 0 Å². The Balaban J connectivity index is 1.95. The first kappa shape index (κ1) is 17.2. The second kappa shape index (κ2) is 7.89. The smallest absolute Gasteiger partial charge is 0.340 e. The molecule has 0 radical (unpaired) electrons. The summed E-state index contributed by atoms with van der Waals surface area (Å²) in [5.41, 5.74) is 6.75. The number of carbonyl (C=O) groups is 2. The van der Waals surface area contributed by atoms with Crippen molar-refractivity contribution in [3.63, 3.8) is 0 Å². The molecule has 0 aliphatic heterocycles. The molecule has 0 saturated heterocycles. The molecule has 2 aromatic carbocycles. The van der Waals surface area contributed by atoms with Gasteiger partial charge in [0.15, 0.2) is 6.61 Å². The minimum Gasteiger partial charge on any atom is -0.452 e. The average Bonchev–Trinajstić information content (AvgIpc) is 2.53. The highest BCUT2D eigenvalue weighted by atomic mass is 35.5. The van der Waals surface area contributed by atoms with Crippen LogP contribution in [0.3, 0.4) is 0 Å². The zero-order chi connectivity index (χ0) is 16.8. The van der Waals surface area contributed by atoms with Crippen LogP contribution in [0, 0.1) is 0 Å². The van der Waals surface area contributed by atoms with Crippen molar-refractivity contribution in [1.29, 1.82) is 0 Å². The van der Waals surface area contributed by atoms with Gasteiger partial charge in [0.05, 0.1) is 11.3 Å². The van der Waals surface area contributed by atoms with Crippen molar-refractivity contribution in [2.75, 3.05) is 23.9 Å².